The third-order valence-electron chi connectivity index (χ3n) is 4.99. The van der Waals surface area contributed by atoms with Gasteiger partial charge in [-0.05, 0) is 43.4 Å². The van der Waals surface area contributed by atoms with E-state index >= 15 is 0 Å². The van der Waals surface area contributed by atoms with Crippen molar-refractivity contribution in [1.82, 2.24) is 5.32 Å². The van der Waals surface area contributed by atoms with Crippen LogP contribution in [0.5, 0.6) is 0 Å². The summed E-state index contributed by atoms with van der Waals surface area (Å²) in [6.45, 7) is 4.34. The van der Waals surface area contributed by atoms with Gasteiger partial charge >= 0.3 is 6.09 Å². The molecule has 1 aliphatic heterocycles. The van der Waals surface area contributed by atoms with Crippen LogP contribution in [0.2, 0.25) is 0 Å². The molecule has 1 N–H and O–H groups in total. The number of hydrogen-bond donors (Lipinski definition) is 1. The molecule has 1 aliphatic carbocycles. The lowest BCUT2D eigenvalue weighted by Gasteiger charge is -2.28. The standard InChI is InChI=1S/C18H26N2O2/c1-14(16-5-3-2-4-6-16)19-13-15-7-9-17(10-8-15)20-11-12-22-18(20)21/h7-10,14,16,19H,2-6,11-13H2,1H3. The van der Waals surface area contributed by atoms with E-state index in [1.54, 1.807) is 4.90 Å². The molecule has 0 aromatic heterocycles. The van der Waals surface area contributed by atoms with E-state index in [2.05, 4.69) is 24.4 Å². The molecule has 0 spiro atoms. The first-order valence-corrected chi connectivity index (χ1v) is 8.50. The van der Waals surface area contributed by atoms with E-state index in [1.165, 1.54) is 37.7 Å². The van der Waals surface area contributed by atoms with Crippen LogP contribution < -0.4 is 10.2 Å². The maximum atomic E-state index is 11.5. The Kier molecular flexibility index (Phi) is 4.98. The van der Waals surface area contributed by atoms with Gasteiger partial charge in [0.25, 0.3) is 0 Å². The fourth-order valence-corrected chi connectivity index (χ4v) is 3.50. The molecule has 22 heavy (non-hydrogen) atoms. The first-order chi connectivity index (χ1) is 10.7. The molecular weight excluding hydrogens is 276 g/mol. The van der Waals surface area contributed by atoms with E-state index in [0.717, 1.165) is 18.2 Å². The molecule has 1 saturated heterocycles. The summed E-state index contributed by atoms with van der Waals surface area (Å²) >= 11 is 0. The molecule has 0 bridgehead atoms. The Hall–Kier alpha value is -1.55. The predicted molar refractivity (Wildman–Crippen MR) is 88.0 cm³/mol. The number of amides is 1. The van der Waals surface area contributed by atoms with Crippen molar-refractivity contribution in [3.05, 3.63) is 29.8 Å². The number of carbonyl (C=O) groups is 1. The summed E-state index contributed by atoms with van der Waals surface area (Å²) in [5, 5.41) is 3.66. The van der Waals surface area contributed by atoms with E-state index in [-0.39, 0.29) is 6.09 Å². The van der Waals surface area contributed by atoms with Gasteiger partial charge in [0.1, 0.15) is 6.61 Å². The van der Waals surface area contributed by atoms with Crippen LogP contribution in [0.4, 0.5) is 10.5 Å². The summed E-state index contributed by atoms with van der Waals surface area (Å²) < 4.78 is 4.97. The average Bonchev–Trinajstić information content (AvgIpc) is 3.00. The molecule has 2 aliphatic rings. The number of carbonyl (C=O) groups excluding carboxylic acids is 1. The molecule has 4 nitrogen and oxygen atoms in total. The van der Waals surface area contributed by atoms with Crippen molar-refractivity contribution >= 4 is 11.8 Å². The molecule has 1 atom stereocenters. The largest absolute Gasteiger partial charge is 0.447 e. The number of benzene rings is 1. The number of ether oxygens (including phenoxy) is 1. The van der Waals surface area contributed by atoms with Gasteiger partial charge in [0.2, 0.25) is 0 Å². The second kappa shape index (κ2) is 7.14. The second-order valence-electron chi connectivity index (χ2n) is 6.50. The number of hydrogen-bond acceptors (Lipinski definition) is 3. The Morgan fingerprint density at radius 2 is 1.95 bits per heavy atom. The Labute approximate surface area is 132 Å². The van der Waals surface area contributed by atoms with Crippen LogP contribution in [0.3, 0.4) is 0 Å². The summed E-state index contributed by atoms with van der Waals surface area (Å²) in [6.07, 6.45) is 6.67. The fourth-order valence-electron chi connectivity index (χ4n) is 3.50. The van der Waals surface area contributed by atoms with Gasteiger partial charge in [-0.15, -0.1) is 0 Å². The topological polar surface area (TPSA) is 41.6 Å². The summed E-state index contributed by atoms with van der Waals surface area (Å²) in [4.78, 5) is 13.2. The molecule has 4 heteroatoms. The second-order valence-corrected chi connectivity index (χ2v) is 6.50. The van der Waals surface area contributed by atoms with Gasteiger partial charge in [-0.3, -0.25) is 4.90 Å². The predicted octanol–water partition coefficient (Wildman–Crippen LogP) is 3.70. The Bertz CT molecular complexity index is 494. The maximum absolute atomic E-state index is 11.5. The van der Waals surface area contributed by atoms with Crippen molar-refractivity contribution in [2.24, 2.45) is 5.92 Å². The van der Waals surface area contributed by atoms with Gasteiger partial charge in [-0.1, -0.05) is 31.4 Å². The average molecular weight is 302 g/mol. The number of anilines is 1. The molecular formula is C18H26N2O2. The first-order valence-electron chi connectivity index (χ1n) is 8.50. The van der Waals surface area contributed by atoms with Crippen molar-refractivity contribution < 1.29 is 9.53 Å². The number of nitrogens with zero attached hydrogens (tertiary/aromatic N) is 1. The van der Waals surface area contributed by atoms with Crippen molar-refractivity contribution in [3.8, 4) is 0 Å². The van der Waals surface area contributed by atoms with Crippen molar-refractivity contribution in [3.63, 3.8) is 0 Å². The van der Waals surface area contributed by atoms with Crippen LogP contribution in [0.15, 0.2) is 24.3 Å². The van der Waals surface area contributed by atoms with E-state index in [0.29, 0.717) is 19.2 Å². The zero-order valence-electron chi connectivity index (χ0n) is 13.4. The van der Waals surface area contributed by atoms with Crippen LogP contribution in [0.1, 0.15) is 44.6 Å². The van der Waals surface area contributed by atoms with Crippen LogP contribution in [0, 0.1) is 5.92 Å². The molecule has 1 aromatic rings. The van der Waals surface area contributed by atoms with Crippen LogP contribution in [-0.4, -0.2) is 25.3 Å². The summed E-state index contributed by atoms with van der Waals surface area (Å²) in [5.41, 5.74) is 2.19. The minimum Gasteiger partial charge on any atom is -0.447 e. The van der Waals surface area contributed by atoms with E-state index in [1.807, 2.05) is 12.1 Å². The lowest BCUT2D eigenvalue weighted by atomic mass is 9.84. The van der Waals surface area contributed by atoms with Crippen LogP contribution in [0.25, 0.3) is 0 Å². The molecule has 3 rings (SSSR count). The van der Waals surface area contributed by atoms with Gasteiger partial charge in [0.05, 0.1) is 6.54 Å². The Morgan fingerprint density at radius 1 is 1.23 bits per heavy atom. The van der Waals surface area contributed by atoms with Gasteiger partial charge in [0, 0.05) is 18.3 Å². The van der Waals surface area contributed by atoms with Gasteiger partial charge < -0.3 is 10.1 Å². The smallest absolute Gasteiger partial charge is 0.414 e. The molecule has 2 fully saturated rings. The lowest BCUT2D eigenvalue weighted by molar-refractivity contribution is 0.181. The lowest BCUT2D eigenvalue weighted by Crippen LogP contribution is -2.34. The molecule has 1 unspecified atom stereocenters. The number of nitrogens with one attached hydrogen (secondary N) is 1. The van der Waals surface area contributed by atoms with Crippen molar-refractivity contribution in [1.29, 1.82) is 0 Å². The third-order valence-corrected chi connectivity index (χ3v) is 4.99. The monoisotopic (exact) mass is 302 g/mol. The van der Waals surface area contributed by atoms with Crippen molar-refractivity contribution in [2.45, 2.75) is 51.6 Å². The highest BCUT2D eigenvalue weighted by Gasteiger charge is 2.23. The van der Waals surface area contributed by atoms with E-state index < -0.39 is 0 Å². The first kappa shape index (κ1) is 15.3. The Balaban J connectivity index is 1.51. The summed E-state index contributed by atoms with van der Waals surface area (Å²) in [5.74, 6) is 0.826. The van der Waals surface area contributed by atoms with E-state index in [4.69, 9.17) is 4.74 Å². The quantitative estimate of drug-likeness (QED) is 0.901. The highest BCUT2D eigenvalue weighted by Crippen LogP contribution is 2.26. The highest BCUT2D eigenvalue weighted by atomic mass is 16.6. The highest BCUT2D eigenvalue weighted by molar-refractivity contribution is 5.89. The molecule has 1 amide bonds. The summed E-state index contributed by atoms with van der Waals surface area (Å²) in [6, 6.07) is 8.79. The van der Waals surface area contributed by atoms with Gasteiger partial charge in [-0.25, -0.2) is 4.79 Å². The maximum Gasteiger partial charge on any atom is 0.414 e. The minimum absolute atomic E-state index is 0.239. The normalized spacial score (nSPS) is 21.0. The Morgan fingerprint density at radius 3 is 2.59 bits per heavy atom. The third kappa shape index (κ3) is 3.61. The molecule has 1 aromatic carbocycles. The minimum atomic E-state index is -0.239. The SMILES string of the molecule is CC(NCc1ccc(N2CCOC2=O)cc1)C1CCCCC1. The molecule has 0 radical (unpaired) electrons. The summed E-state index contributed by atoms with van der Waals surface area (Å²) in [7, 11) is 0. The number of rotatable bonds is 5. The zero-order chi connectivity index (χ0) is 15.4. The number of cyclic esters (lactones) is 1. The van der Waals surface area contributed by atoms with Gasteiger partial charge in [-0.2, -0.15) is 0 Å². The molecule has 1 heterocycles. The fraction of sp³-hybridized carbons (Fsp3) is 0.611. The van der Waals surface area contributed by atoms with Crippen molar-refractivity contribution in [2.75, 3.05) is 18.1 Å². The molecule has 120 valence electrons. The van der Waals surface area contributed by atoms with E-state index in [9.17, 15) is 4.79 Å². The van der Waals surface area contributed by atoms with Crippen LogP contribution in [-0.2, 0) is 11.3 Å². The molecule has 1 saturated carbocycles. The van der Waals surface area contributed by atoms with Crippen LogP contribution >= 0.6 is 0 Å². The zero-order valence-corrected chi connectivity index (χ0v) is 13.4. The van der Waals surface area contributed by atoms with Gasteiger partial charge in [0.15, 0.2) is 0 Å².